The molecule has 106 valence electrons. The molecule has 0 saturated heterocycles. The number of hydrogen-bond acceptors (Lipinski definition) is 4. The van der Waals surface area contributed by atoms with Crippen molar-refractivity contribution in [1.82, 2.24) is 4.98 Å². The molecule has 21 heavy (non-hydrogen) atoms. The number of aromatic nitrogens is 1. The summed E-state index contributed by atoms with van der Waals surface area (Å²) in [5.41, 5.74) is 7.40. The Morgan fingerprint density at radius 1 is 1.29 bits per heavy atom. The fraction of sp³-hybridized carbons (Fsp3) is 0.0667. The Morgan fingerprint density at radius 2 is 2.05 bits per heavy atom. The van der Waals surface area contributed by atoms with Crippen molar-refractivity contribution >= 4 is 48.9 Å². The van der Waals surface area contributed by atoms with Crippen molar-refractivity contribution in [2.24, 2.45) is 5.73 Å². The molecule has 0 fully saturated rings. The fourth-order valence-electron chi connectivity index (χ4n) is 2.02. The van der Waals surface area contributed by atoms with Crippen LogP contribution in [0, 0.1) is 0 Å². The molecule has 4 nitrogen and oxygen atoms in total. The molecular formula is C15H12BrN3OS. The molecule has 3 aromatic rings. The number of halogens is 1. The second-order valence-electron chi connectivity index (χ2n) is 4.55. The number of thiophene rings is 1. The molecule has 0 aliphatic heterocycles. The molecule has 3 N–H and O–H groups in total. The second-order valence-corrected chi connectivity index (χ2v) is 6.55. The zero-order chi connectivity index (χ0) is 14.8. The summed E-state index contributed by atoms with van der Waals surface area (Å²) in [7, 11) is 0. The molecule has 0 unspecified atom stereocenters. The van der Waals surface area contributed by atoms with Crippen LogP contribution in [0.3, 0.4) is 0 Å². The number of benzene rings is 1. The van der Waals surface area contributed by atoms with Gasteiger partial charge in [0.15, 0.2) is 0 Å². The summed E-state index contributed by atoms with van der Waals surface area (Å²) >= 11 is 4.78. The van der Waals surface area contributed by atoms with Gasteiger partial charge in [-0.3, -0.25) is 9.78 Å². The van der Waals surface area contributed by atoms with E-state index in [1.807, 2.05) is 30.3 Å². The van der Waals surface area contributed by atoms with E-state index in [9.17, 15) is 4.79 Å². The predicted octanol–water partition coefficient (Wildman–Crippen LogP) is 3.77. The number of rotatable bonds is 4. The molecule has 2 aromatic heterocycles. The molecule has 6 heteroatoms. The Labute approximate surface area is 134 Å². The van der Waals surface area contributed by atoms with Gasteiger partial charge in [0.05, 0.1) is 21.5 Å². The number of nitrogens with zero attached hydrogens (tertiary/aromatic N) is 1. The lowest BCUT2D eigenvalue weighted by Gasteiger charge is -2.07. The van der Waals surface area contributed by atoms with Crippen LogP contribution in [-0.2, 0) is 6.54 Å². The summed E-state index contributed by atoms with van der Waals surface area (Å²) in [6, 6.07) is 9.92. The number of carbonyl (C=O) groups excluding carboxylic acids is 1. The number of hydrogen-bond donors (Lipinski definition) is 2. The Kier molecular flexibility index (Phi) is 3.90. The summed E-state index contributed by atoms with van der Waals surface area (Å²) < 4.78 is 2.00. The first-order valence-electron chi connectivity index (χ1n) is 6.29. The molecule has 0 aliphatic carbocycles. The molecule has 0 atom stereocenters. The minimum atomic E-state index is -0.407. The zero-order valence-corrected chi connectivity index (χ0v) is 13.4. The number of amides is 1. The molecular weight excluding hydrogens is 350 g/mol. The van der Waals surface area contributed by atoms with E-state index in [1.54, 1.807) is 12.4 Å². The lowest BCUT2D eigenvalue weighted by atomic mass is 10.2. The number of nitrogens with two attached hydrogens (primary N) is 1. The van der Waals surface area contributed by atoms with Crippen LogP contribution in [0.15, 0.2) is 47.2 Å². The summed E-state index contributed by atoms with van der Waals surface area (Å²) in [4.78, 5) is 16.0. The van der Waals surface area contributed by atoms with Crippen LogP contribution < -0.4 is 11.1 Å². The third kappa shape index (κ3) is 3.06. The van der Waals surface area contributed by atoms with E-state index in [0.29, 0.717) is 11.4 Å². The van der Waals surface area contributed by atoms with Gasteiger partial charge >= 0.3 is 0 Å². The van der Waals surface area contributed by atoms with E-state index >= 15 is 0 Å². The maximum absolute atomic E-state index is 11.3. The lowest BCUT2D eigenvalue weighted by Crippen LogP contribution is -2.08. The van der Waals surface area contributed by atoms with E-state index in [-0.39, 0.29) is 0 Å². The van der Waals surface area contributed by atoms with Gasteiger partial charge in [-0.05, 0) is 23.8 Å². The Balaban J connectivity index is 1.86. The summed E-state index contributed by atoms with van der Waals surface area (Å²) in [6.45, 7) is 0.690. The average Bonchev–Trinajstić information content (AvgIpc) is 2.91. The van der Waals surface area contributed by atoms with Gasteiger partial charge in [0, 0.05) is 22.6 Å². The fourth-order valence-corrected chi connectivity index (χ4v) is 3.19. The highest BCUT2D eigenvalue weighted by atomic mass is 79.9. The number of primary amides is 1. The molecule has 0 spiro atoms. The van der Waals surface area contributed by atoms with Crippen LogP contribution in [0.5, 0.6) is 0 Å². The first kappa shape index (κ1) is 14.0. The minimum Gasteiger partial charge on any atom is -0.379 e. The molecule has 2 heterocycles. The zero-order valence-electron chi connectivity index (χ0n) is 11.0. The van der Waals surface area contributed by atoms with Gasteiger partial charge in [-0.25, -0.2) is 0 Å². The van der Waals surface area contributed by atoms with Gasteiger partial charge in [0.25, 0.3) is 5.91 Å². The minimum absolute atomic E-state index is 0.407. The van der Waals surface area contributed by atoms with Crippen LogP contribution >= 0.6 is 27.3 Å². The quantitative estimate of drug-likeness (QED) is 0.742. The van der Waals surface area contributed by atoms with Crippen molar-refractivity contribution in [3.63, 3.8) is 0 Å². The molecule has 1 amide bonds. The van der Waals surface area contributed by atoms with Gasteiger partial charge in [0.2, 0.25) is 0 Å². The molecule has 0 radical (unpaired) electrons. The van der Waals surface area contributed by atoms with Gasteiger partial charge in [-0.1, -0.05) is 28.1 Å². The summed E-state index contributed by atoms with van der Waals surface area (Å²) in [5, 5.41) is 4.33. The first-order chi connectivity index (χ1) is 10.1. The first-order valence-corrected chi connectivity index (χ1v) is 7.90. The summed E-state index contributed by atoms with van der Waals surface area (Å²) in [6.07, 6.45) is 3.51. The SMILES string of the molecule is NC(=O)c1cc2c(NCc3ccc(Br)cc3)cncc2s1. The number of anilines is 1. The number of fused-ring (bicyclic) bond motifs is 1. The van der Waals surface area contributed by atoms with Crippen molar-refractivity contribution < 1.29 is 4.79 Å². The van der Waals surface area contributed by atoms with Gasteiger partial charge in [-0.15, -0.1) is 11.3 Å². The van der Waals surface area contributed by atoms with Gasteiger partial charge in [0.1, 0.15) is 0 Å². The third-order valence-corrected chi connectivity index (χ3v) is 4.70. The van der Waals surface area contributed by atoms with E-state index < -0.39 is 5.91 Å². The Bertz CT molecular complexity index is 798. The monoisotopic (exact) mass is 361 g/mol. The number of nitrogens with one attached hydrogen (secondary N) is 1. The van der Waals surface area contributed by atoms with Crippen molar-refractivity contribution in [2.45, 2.75) is 6.54 Å². The van der Waals surface area contributed by atoms with Crippen molar-refractivity contribution in [2.75, 3.05) is 5.32 Å². The topological polar surface area (TPSA) is 68.0 Å². The van der Waals surface area contributed by atoms with Crippen LogP contribution in [0.1, 0.15) is 15.2 Å². The molecule has 0 saturated carbocycles. The highest BCUT2D eigenvalue weighted by molar-refractivity contribution is 9.10. The smallest absolute Gasteiger partial charge is 0.258 e. The van der Waals surface area contributed by atoms with Crippen LogP contribution in [0.25, 0.3) is 10.1 Å². The highest BCUT2D eigenvalue weighted by Gasteiger charge is 2.10. The molecule has 0 aliphatic rings. The van der Waals surface area contributed by atoms with E-state index in [1.165, 1.54) is 16.9 Å². The Hall–Kier alpha value is -1.92. The normalized spacial score (nSPS) is 10.7. The lowest BCUT2D eigenvalue weighted by molar-refractivity contribution is 0.100. The third-order valence-electron chi connectivity index (χ3n) is 3.09. The second kappa shape index (κ2) is 5.83. The van der Waals surface area contributed by atoms with E-state index in [0.717, 1.165) is 20.2 Å². The number of carbonyl (C=O) groups is 1. The summed E-state index contributed by atoms with van der Waals surface area (Å²) in [5.74, 6) is -0.407. The van der Waals surface area contributed by atoms with E-state index in [4.69, 9.17) is 5.73 Å². The van der Waals surface area contributed by atoms with Crippen molar-refractivity contribution in [3.05, 3.63) is 57.6 Å². The molecule has 0 bridgehead atoms. The van der Waals surface area contributed by atoms with Crippen molar-refractivity contribution in [3.8, 4) is 0 Å². The maximum Gasteiger partial charge on any atom is 0.258 e. The van der Waals surface area contributed by atoms with E-state index in [2.05, 4.69) is 26.2 Å². The van der Waals surface area contributed by atoms with Gasteiger partial charge < -0.3 is 11.1 Å². The molecule has 3 rings (SSSR count). The highest BCUT2D eigenvalue weighted by Crippen LogP contribution is 2.30. The van der Waals surface area contributed by atoms with Crippen molar-refractivity contribution in [1.29, 1.82) is 0 Å². The van der Waals surface area contributed by atoms with Crippen LogP contribution in [-0.4, -0.2) is 10.9 Å². The van der Waals surface area contributed by atoms with Crippen LogP contribution in [0.4, 0.5) is 5.69 Å². The molecule has 1 aromatic carbocycles. The maximum atomic E-state index is 11.3. The largest absolute Gasteiger partial charge is 0.379 e. The van der Waals surface area contributed by atoms with Gasteiger partial charge in [-0.2, -0.15) is 0 Å². The predicted molar refractivity (Wildman–Crippen MR) is 89.6 cm³/mol. The standard InChI is InChI=1S/C15H12BrN3OS/c16-10-3-1-9(2-4-10)6-19-12-7-18-8-14-11(12)5-13(21-14)15(17)20/h1-5,7-8,19H,6H2,(H2,17,20). The van der Waals surface area contributed by atoms with Crippen LogP contribution in [0.2, 0.25) is 0 Å². The average molecular weight is 362 g/mol. The number of pyridine rings is 1. The Morgan fingerprint density at radius 3 is 2.76 bits per heavy atom.